The molecule has 0 aromatic heterocycles. The van der Waals surface area contributed by atoms with Crippen molar-refractivity contribution in [3.05, 3.63) is 29.6 Å². The molecule has 128 valence electrons. The molecular formula is C20H24FNO2. The number of Topliss-reactive ketones (excluding diaryl/α,β-unsaturated/α-hetero) is 1. The van der Waals surface area contributed by atoms with Gasteiger partial charge >= 0.3 is 0 Å². The van der Waals surface area contributed by atoms with E-state index < -0.39 is 10.8 Å². The number of fused-ring (bicyclic) bond motifs is 3. The summed E-state index contributed by atoms with van der Waals surface area (Å²) in [6, 6.07) is 4.68. The van der Waals surface area contributed by atoms with E-state index >= 15 is 0 Å². The minimum Gasteiger partial charge on any atom is -0.308 e. The van der Waals surface area contributed by atoms with Crippen LogP contribution in [0.3, 0.4) is 0 Å². The van der Waals surface area contributed by atoms with Crippen molar-refractivity contribution in [3.8, 4) is 0 Å². The Kier molecular flexibility index (Phi) is 3.23. The molecule has 4 rings (SSSR count). The van der Waals surface area contributed by atoms with Crippen LogP contribution >= 0.6 is 0 Å². The molecule has 2 aliphatic carbocycles. The summed E-state index contributed by atoms with van der Waals surface area (Å²) in [6.07, 6.45) is 3.87. The second kappa shape index (κ2) is 4.90. The van der Waals surface area contributed by atoms with Crippen LogP contribution in [0.5, 0.6) is 0 Å². The number of anilines is 1. The van der Waals surface area contributed by atoms with E-state index in [0.29, 0.717) is 18.8 Å². The molecule has 0 N–H and O–H groups in total. The molecule has 0 saturated heterocycles. The number of aryl methyl sites for hydroxylation is 1. The first kappa shape index (κ1) is 15.8. The fourth-order valence-corrected chi connectivity index (χ4v) is 5.22. The van der Waals surface area contributed by atoms with Crippen molar-refractivity contribution in [1.29, 1.82) is 0 Å². The summed E-state index contributed by atoms with van der Waals surface area (Å²) in [5.74, 6) is 0.0907. The van der Waals surface area contributed by atoms with Gasteiger partial charge in [0.25, 0.3) is 0 Å². The quantitative estimate of drug-likeness (QED) is 0.733. The summed E-state index contributed by atoms with van der Waals surface area (Å²) in [5.41, 5.74) is 0.400. The highest BCUT2D eigenvalue weighted by Crippen LogP contribution is 2.61. The lowest BCUT2D eigenvalue weighted by Crippen LogP contribution is -2.53. The van der Waals surface area contributed by atoms with Gasteiger partial charge in [-0.1, -0.05) is 13.8 Å². The molecule has 1 amide bonds. The zero-order valence-electron chi connectivity index (χ0n) is 14.6. The molecule has 0 unspecified atom stereocenters. The maximum atomic E-state index is 13.6. The van der Waals surface area contributed by atoms with E-state index in [9.17, 15) is 14.0 Å². The minimum atomic E-state index is -0.856. The third-order valence-corrected chi connectivity index (χ3v) is 6.76. The van der Waals surface area contributed by atoms with Crippen LogP contribution in [0, 0.1) is 22.6 Å². The molecule has 2 fully saturated rings. The van der Waals surface area contributed by atoms with E-state index in [1.807, 2.05) is 20.8 Å². The molecule has 1 heterocycles. The summed E-state index contributed by atoms with van der Waals surface area (Å²) < 4.78 is 13.6. The monoisotopic (exact) mass is 329 g/mol. The lowest BCUT2D eigenvalue weighted by Gasteiger charge is -2.41. The van der Waals surface area contributed by atoms with E-state index in [-0.39, 0.29) is 23.5 Å². The number of ketones is 1. The van der Waals surface area contributed by atoms with E-state index in [1.165, 1.54) is 12.1 Å². The molecule has 2 saturated carbocycles. The molecule has 3 aliphatic rings. The Morgan fingerprint density at radius 3 is 2.71 bits per heavy atom. The zero-order chi connectivity index (χ0) is 17.3. The molecule has 4 heteroatoms. The highest BCUT2D eigenvalue weighted by atomic mass is 19.1. The first-order valence-corrected chi connectivity index (χ1v) is 8.94. The summed E-state index contributed by atoms with van der Waals surface area (Å²) in [5, 5.41) is 0. The number of amides is 1. The van der Waals surface area contributed by atoms with Gasteiger partial charge in [-0.05, 0) is 68.7 Å². The van der Waals surface area contributed by atoms with Crippen molar-refractivity contribution in [2.75, 3.05) is 4.90 Å². The van der Waals surface area contributed by atoms with Gasteiger partial charge in [-0.2, -0.15) is 0 Å². The van der Waals surface area contributed by atoms with E-state index in [1.54, 1.807) is 11.0 Å². The minimum absolute atomic E-state index is 0.0420. The lowest BCUT2D eigenvalue weighted by atomic mass is 9.70. The standard InChI is InChI=1S/C20H24FNO2/c1-12-4-5-13-10-15(21)6-7-16(13)22(12)18(24)20-9-8-14(11-20)19(2,3)17(20)23/h6-7,10,12,14H,4-5,8-9,11H2,1-3H3/t12-,14-,20+/m0/s1. The Morgan fingerprint density at radius 2 is 2.04 bits per heavy atom. The average Bonchev–Trinajstić information content (AvgIpc) is 3.07. The Balaban J connectivity index is 1.77. The van der Waals surface area contributed by atoms with Crippen LogP contribution in [-0.2, 0) is 16.0 Å². The Morgan fingerprint density at radius 1 is 1.29 bits per heavy atom. The van der Waals surface area contributed by atoms with Gasteiger partial charge in [0.2, 0.25) is 5.91 Å². The summed E-state index contributed by atoms with van der Waals surface area (Å²) in [4.78, 5) is 28.4. The first-order chi connectivity index (χ1) is 11.3. The second-order valence-corrected chi connectivity index (χ2v) is 8.41. The maximum Gasteiger partial charge on any atom is 0.240 e. The van der Waals surface area contributed by atoms with Gasteiger partial charge in [-0.15, -0.1) is 0 Å². The van der Waals surface area contributed by atoms with Crippen molar-refractivity contribution < 1.29 is 14.0 Å². The van der Waals surface area contributed by atoms with E-state index in [2.05, 4.69) is 0 Å². The highest BCUT2D eigenvalue weighted by Gasteiger charge is 2.66. The predicted octanol–water partition coefficient (Wildman–Crippen LogP) is 3.89. The summed E-state index contributed by atoms with van der Waals surface area (Å²) >= 11 is 0. The number of halogens is 1. The Labute approximate surface area is 142 Å². The van der Waals surface area contributed by atoms with Gasteiger partial charge in [0.05, 0.1) is 0 Å². The molecule has 2 bridgehead atoms. The predicted molar refractivity (Wildman–Crippen MR) is 90.2 cm³/mol. The zero-order valence-corrected chi connectivity index (χ0v) is 14.6. The smallest absolute Gasteiger partial charge is 0.240 e. The number of carbonyl (C=O) groups excluding carboxylic acids is 2. The molecule has 1 aromatic carbocycles. The van der Waals surface area contributed by atoms with Gasteiger partial charge in [-0.3, -0.25) is 9.59 Å². The van der Waals surface area contributed by atoms with E-state index in [4.69, 9.17) is 0 Å². The van der Waals surface area contributed by atoms with Crippen LogP contribution in [-0.4, -0.2) is 17.7 Å². The highest BCUT2D eigenvalue weighted by molar-refractivity contribution is 6.16. The van der Waals surface area contributed by atoms with Crippen molar-refractivity contribution in [2.45, 2.75) is 58.9 Å². The normalized spacial score (nSPS) is 33.7. The third kappa shape index (κ3) is 1.88. The van der Waals surface area contributed by atoms with Gasteiger partial charge in [0, 0.05) is 17.1 Å². The topological polar surface area (TPSA) is 37.4 Å². The number of nitrogens with zero attached hydrogens (tertiary/aromatic N) is 1. The molecule has 3 atom stereocenters. The maximum absolute atomic E-state index is 13.6. The lowest BCUT2D eigenvalue weighted by molar-refractivity contribution is -0.144. The van der Waals surface area contributed by atoms with Crippen LogP contribution < -0.4 is 4.90 Å². The largest absolute Gasteiger partial charge is 0.308 e. The summed E-state index contributed by atoms with van der Waals surface area (Å²) in [7, 11) is 0. The molecule has 0 radical (unpaired) electrons. The van der Waals surface area contributed by atoms with Crippen molar-refractivity contribution >= 4 is 17.4 Å². The number of rotatable bonds is 1. The fraction of sp³-hybridized carbons (Fsp3) is 0.600. The van der Waals surface area contributed by atoms with Gasteiger partial charge in [0.1, 0.15) is 11.2 Å². The van der Waals surface area contributed by atoms with Crippen LogP contribution in [0.1, 0.15) is 52.0 Å². The molecule has 0 spiro atoms. The van der Waals surface area contributed by atoms with E-state index in [0.717, 1.165) is 30.5 Å². The van der Waals surface area contributed by atoms with Crippen LogP contribution in [0.4, 0.5) is 10.1 Å². The Bertz CT molecular complexity index is 741. The number of hydrogen-bond donors (Lipinski definition) is 0. The molecule has 24 heavy (non-hydrogen) atoms. The fourth-order valence-electron chi connectivity index (χ4n) is 5.22. The molecule has 1 aliphatic heterocycles. The molecule has 3 nitrogen and oxygen atoms in total. The number of hydrogen-bond acceptors (Lipinski definition) is 2. The average molecular weight is 329 g/mol. The number of benzene rings is 1. The summed E-state index contributed by atoms with van der Waals surface area (Å²) in [6.45, 7) is 5.99. The third-order valence-electron chi connectivity index (χ3n) is 6.76. The van der Waals surface area contributed by atoms with Crippen molar-refractivity contribution in [2.24, 2.45) is 16.7 Å². The molecular weight excluding hydrogens is 305 g/mol. The first-order valence-electron chi connectivity index (χ1n) is 8.94. The van der Waals surface area contributed by atoms with Crippen LogP contribution in [0.2, 0.25) is 0 Å². The van der Waals surface area contributed by atoms with Crippen LogP contribution in [0.25, 0.3) is 0 Å². The SMILES string of the molecule is C[C@H]1CCc2cc(F)ccc2N1C(=O)[C@]12CC[C@@H](C1)C(C)(C)C2=O. The van der Waals surface area contributed by atoms with Crippen molar-refractivity contribution in [1.82, 2.24) is 0 Å². The van der Waals surface area contributed by atoms with Crippen LogP contribution in [0.15, 0.2) is 18.2 Å². The molecule has 1 aromatic rings. The second-order valence-electron chi connectivity index (χ2n) is 8.41. The Hall–Kier alpha value is -1.71. The van der Waals surface area contributed by atoms with Gasteiger partial charge in [0.15, 0.2) is 5.78 Å². The van der Waals surface area contributed by atoms with Gasteiger partial charge in [-0.25, -0.2) is 4.39 Å². The van der Waals surface area contributed by atoms with Crippen molar-refractivity contribution in [3.63, 3.8) is 0 Å². The van der Waals surface area contributed by atoms with Gasteiger partial charge < -0.3 is 4.90 Å². The number of carbonyl (C=O) groups is 2.